The summed E-state index contributed by atoms with van der Waals surface area (Å²) < 4.78 is 0. The Balaban J connectivity index is 1.69. The number of hydrogen-bond donors (Lipinski definition) is 1. The highest BCUT2D eigenvalue weighted by molar-refractivity contribution is 7.99. The van der Waals surface area contributed by atoms with Crippen molar-refractivity contribution < 1.29 is 0 Å². The molecule has 2 N–H and O–H groups in total. The van der Waals surface area contributed by atoms with Crippen molar-refractivity contribution in [2.24, 2.45) is 0 Å². The molecular weight excluding hydrogens is 234 g/mol. The number of rotatable bonds is 6. The molecule has 1 aromatic heterocycles. The summed E-state index contributed by atoms with van der Waals surface area (Å²) in [4.78, 5) is 1.21. The Morgan fingerprint density at radius 3 is 2.82 bits per heavy atom. The molecule has 0 saturated carbocycles. The van der Waals surface area contributed by atoms with Gasteiger partial charge in [-0.2, -0.15) is 5.21 Å². The fraction of sp³-hybridized carbons (Fsp3) is 0.364. The van der Waals surface area contributed by atoms with Crippen molar-refractivity contribution in [3.63, 3.8) is 0 Å². The summed E-state index contributed by atoms with van der Waals surface area (Å²) in [6.45, 7) is 0. The summed E-state index contributed by atoms with van der Waals surface area (Å²) in [6.07, 6.45) is 1.47. The van der Waals surface area contributed by atoms with Gasteiger partial charge in [0.25, 0.3) is 0 Å². The Labute approximate surface area is 104 Å². The summed E-state index contributed by atoms with van der Waals surface area (Å²) >= 11 is 1.71. The van der Waals surface area contributed by atoms with E-state index in [-0.39, 0.29) is 6.04 Å². The van der Waals surface area contributed by atoms with Crippen LogP contribution in [-0.4, -0.2) is 32.4 Å². The molecule has 1 heterocycles. The van der Waals surface area contributed by atoms with Crippen LogP contribution in [-0.2, 0) is 6.42 Å². The molecule has 1 atom stereocenters. The maximum absolute atomic E-state index is 7.92. The van der Waals surface area contributed by atoms with Crippen LogP contribution in [0.15, 0.2) is 35.2 Å². The van der Waals surface area contributed by atoms with E-state index in [1.165, 1.54) is 4.90 Å². The number of thioether (sulfide) groups is 1. The first kappa shape index (κ1) is 12.1. The molecule has 2 aromatic rings. The molecule has 0 unspecified atom stereocenters. The van der Waals surface area contributed by atoms with E-state index >= 15 is 0 Å². The van der Waals surface area contributed by atoms with Crippen LogP contribution in [0.5, 0.6) is 0 Å². The van der Waals surface area contributed by atoms with Crippen molar-refractivity contribution in [2.75, 3.05) is 5.75 Å². The summed E-state index contributed by atoms with van der Waals surface area (Å²) in [6, 6.07) is 10.1. The summed E-state index contributed by atoms with van der Waals surface area (Å²) in [5.41, 5.74) is 7.92. The molecule has 0 saturated heterocycles. The molecule has 17 heavy (non-hydrogen) atoms. The third kappa shape index (κ3) is 4.16. The van der Waals surface area contributed by atoms with Crippen molar-refractivity contribution >= 4 is 11.8 Å². The summed E-state index contributed by atoms with van der Waals surface area (Å²) in [5, 5.41) is 13.6. The number of aromatic amines is 1. The van der Waals surface area contributed by atoms with Crippen molar-refractivity contribution in [1.82, 2.24) is 26.4 Å². The number of aryl methyl sites for hydroxylation is 1. The van der Waals surface area contributed by atoms with Crippen LogP contribution in [0, 0.1) is 0 Å². The SMILES string of the molecule is [NH][C@H](CCc1nn[nH]n1)CSc1ccccc1. The van der Waals surface area contributed by atoms with Crippen molar-refractivity contribution in [3.8, 4) is 0 Å². The second-order valence-corrected chi connectivity index (χ2v) is 4.78. The molecule has 1 aromatic carbocycles. The molecule has 0 spiro atoms. The lowest BCUT2D eigenvalue weighted by Crippen LogP contribution is -2.13. The fourth-order valence-corrected chi connectivity index (χ4v) is 2.30. The van der Waals surface area contributed by atoms with Gasteiger partial charge in [-0.15, -0.1) is 22.0 Å². The highest BCUT2D eigenvalue weighted by Gasteiger charge is 2.07. The van der Waals surface area contributed by atoms with Gasteiger partial charge >= 0.3 is 0 Å². The Morgan fingerprint density at radius 1 is 1.29 bits per heavy atom. The molecule has 0 bridgehead atoms. The maximum Gasteiger partial charge on any atom is 0.174 e. The molecule has 1 radical (unpaired) electrons. The quantitative estimate of drug-likeness (QED) is 0.787. The third-order valence-electron chi connectivity index (χ3n) is 2.30. The van der Waals surface area contributed by atoms with Gasteiger partial charge in [0.1, 0.15) is 0 Å². The Bertz CT molecular complexity index is 417. The standard InChI is InChI=1S/C11H14N5S/c12-9(6-7-11-13-15-16-14-11)8-17-10-4-2-1-3-5-10/h1-5,9,12H,6-8H2,(H,13,14,15,16)/t9-/m1/s1. The number of hydrogen-bond acceptors (Lipinski definition) is 4. The lowest BCUT2D eigenvalue weighted by Gasteiger charge is -2.08. The van der Waals surface area contributed by atoms with Crippen LogP contribution in [0.1, 0.15) is 12.2 Å². The van der Waals surface area contributed by atoms with Crippen LogP contribution in [0.25, 0.3) is 0 Å². The predicted octanol–water partition coefficient (Wildman–Crippen LogP) is 1.58. The molecule has 0 aliphatic rings. The van der Waals surface area contributed by atoms with E-state index < -0.39 is 0 Å². The zero-order valence-electron chi connectivity index (χ0n) is 9.34. The molecule has 0 amide bonds. The van der Waals surface area contributed by atoms with Crippen LogP contribution in [0.4, 0.5) is 0 Å². The van der Waals surface area contributed by atoms with Gasteiger partial charge in [0, 0.05) is 23.1 Å². The molecule has 89 valence electrons. The van der Waals surface area contributed by atoms with Gasteiger partial charge in [-0.1, -0.05) is 23.4 Å². The minimum absolute atomic E-state index is 0.0984. The van der Waals surface area contributed by atoms with Crippen LogP contribution in [0.2, 0.25) is 0 Å². The Hall–Kier alpha value is -1.40. The molecule has 5 nitrogen and oxygen atoms in total. The average molecular weight is 248 g/mol. The van der Waals surface area contributed by atoms with Gasteiger partial charge in [-0.3, -0.25) is 5.73 Å². The highest BCUT2D eigenvalue weighted by Crippen LogP contribution is 2.18. The van der Waals surface area contributed by atoms with E-state index in [0.29, 0.717) is 12.2 Å². The minimum Gasteiger partial charge on any atom is -0.254 e. The first-order valence-electron chi connectivity index (χ1n) is 5.46. The smallest absolute Gasteiger partial charge is 0.174 e. The number of nitrogens with zero attached hydrogens (tertiary/aromatic N) is 3. The Morgan fingerprint density at radius 2 is 2.12 bits per heavy atom. The van der Waals surface area contributed by atoms with Gasteiger partial charge < -0.3 is 0 Å². The lowest BCUT2D eigenvalue weighted by atomic mass is 10.2. The van der Waals surface area contributed by atoms with Crippen molar-refractivity contribution in [3.05, 3.63) is 36.2 Å². The third-order valence-corrected chi connectivity index (χ3v) is 3.47. The topological polar surface area (TPSA) is 78.3 Å². The van der Waals surface area contributed by atoms with Crippen LogP contribution >= 0.6 is 11.8 Å². The predicted molar refractivity (Wildman–Crippen MR) is 66.5 cm³/mol. The lowest BCUT2D eigenvalue weighted by molar-refractivity contribution is 0.640. The Kier molecular flexibility index (Phi) is 4.52. The number of aromatic nitrogens is 4. The van der Waals surface area contributed by atoms with Crippen molar-refractivity contribution in [2.45, 2.75) is 23.8 Å². The molecule has 2 rings (SSSR count). The van der Waals surface area contributed by atoms with E-state index in [1.807, 2.05) is 18.2 Å². The number of benzene rings is 1. The van der Waals surface area contributed by atoms with E-state index in [0.717, 1.165) is 12.2 Å². The summed E-state index contributed by atoms with van der Waals surface area (Å²) in [5.74, 6) is 1.48. The van der Waals surface area contributed by atoms with Crippen LogP contribution < -0.4 is 5.73 Å². The molecule has 6 heteroatoms. The highest BCUT2D eigenvalue weighted by atomic mass is 32.2. The minimum atomic E-state index is -0.0984. The monoisotopic (exact) mass is 248 g/mol. The molecule has 0 aliphatic heterocycles. The molecule has 0 fully saturated rings. The first-order chi connectivity index (χ1) is 8.34. The average Bonchev–Trinajstić information content (AvgIpc) is 2.88. The number of H-pyrrole nitrogens is 1. The van der Waals surface area contributed by atoms with Gasteiger partial charge in [-0.25, -0.2) is 0 Å². The van der Waals surface area contributed by atoms with Crippen molar-refractivity contribution in [1.29, 1.82) is 0 Å². The molecular formula is C11H14N5S. The fourth-order valence-electron chi connectivity index (χ4n) is 1.39. The van der Waals surface area contributed by atoms with Gasteiger partial charge in [0.2, 0.25) is 0 Å². The van der Waals surface area contributed by atoms with Gasteiger partial charge in [0.05, 0.1) is 0 Å². The second-order valence-electron chi connectivity index (χ2n) is 3.69. The zero-order valence-corrected chi connectivity index (χ0v) is 10.2. The van der Waals surface area contributed by atoms with Gasteiger partial charge in [0.15, 0.2) is 5.82 Å². The maximum atomic E-state index is 7.92. The molecule has 0 aliphatic carbocycles. The van der Waals surface area contributed by atoms with E-state index in [9.17, 15) is 0 Å². The largest absolute Gasteiger partial charge is 0.254 e. The summed E-state index contributed by atoms with van der Waals surface area (Å²) in [7, 11) is 0. The van der Waals surface area contributed by atoms with E-state index in [4.69, 9.17) is 5.73 Å². The van der Waals surface area contributed by atoms with Crippen LogP contribution in [0.3, 0.4) is 0 Å². The normalized spacial score (nSPS) is 12.5. The van der Waals surface area contributed by atoms with E-state index in [2.05, 4.69) is 32.8 Å². The first-order valence-corrected chi connectivity index (χ1v) is 6.44. The van der Waals surface area contributed by atoms with Gasteiger partial charge in [-0.05, 0) is 18.6 Å². The second kappa shape index (κ2) is 6.36. The number of tetrazole rings is 1. The number of nitrogens with one attached hydrogen (secondary N) is 2. The van der Waals surface area contributed by atoms with E-state index in [1.54, 1.807) is 11.8 Å². The zero-order chi connectivity index (χ0) is 11.9.